The Hall–Kier alpha value is -1.11. The van der Waals surface area contributed by atoms with Crippen LogP contribution in [0.3, 0.4) is 0 Å². The summed E-state index contributed by atoms with van der Waals surface area (Å²) in [6.07, 6.45) is 0. The minimum atomic E-state index is -3.68. The minimum absolute atomic E-state index is 0.426. The van der Waals surface area contributed by atoms with E-state index in [0.717, 1.165) is 5.56 Å². The molecule has 0 bridgehead atoms. The summed E-state index contributed by atoms with van der Waals surface area (Å²) in [5.41, 5.74) is 6.72. The summed E-state index contributed by atoms with van der Waals surface area (Å²) >= 11 is 0. The second-order valence-electron chi connectivity index (χ2n) is 2.55. The molecule has 0 aliphatic rings. The van der Waals surface area contributed by atoms with Crippen molar-refractivity contribution in [3.05, 3.63) is 29.8 Å². The van der Waals surface area contributed by atoms with Gasteiger partial charge in [-0.25, -0.2) is 5.14 Å². The molecule has 0 fully saturated rings. The van der Waals surface area contributed by atoms with Gasteiger partial charge in [0.1, 0.15) is 0 Å². The van der Waals surface area contributed by atoms with Gasteiger partial charge in [0.15, 0.2) is 0 Å². The molecule has 1 rings (SSSR count). The quantitative estimate of drug-likeness (QED) is 0.629. The van der Waals surface area contributed by atoms with Crippen LogP contribution < -0.4 is 15.6 Å². The van der Waals surface area contributed by atoms with E-state index in [1.54, 1.807) is 24.3 Å². The topological polar surface area (TPSA) is 98.2 Å². The van der Waals surface area contributed by atoms with Crippen LogP contribution in [0.4, 0.5) is 5.69 Å². The lowest BCUT2D eigenvalue weighted by atomic mass is 10.2. The standard InChI is InChI=1S/C7H11N3O2S/c8-5-6-1-3-7(4-2-6)10-13(9,11)12/h1-4,10H,5,8H2,(H2,9,11,12). The average molecular weight is 201 g/mol. The zero-order chi connectivity index (χ0) is 9.90. The van der Waals surface area contributed by atoms with E-state index in [2.05, 4.69) is 4.72 Å². The SMILES string of the molecule is NCc1ccc(NS(N)(=O)=O)cc1. The summed E-state index contributed by atoms with van der Waals surface area (Å²) in [5.74, 6) is 0. The van der Waals surface area contributed by atoms with Crippen molar-refractivity contribution in [1.82, 2.24) is 0 Å². The molecule has 72 valence electrons. The zero-order valence-corrected chi connectivity index (χ0v) is 7.71. The highest BCUT2D eigenvalue weighted by molar-refractivity contribution is 7.90. The summed E-state index contributed by atoms with van der Waals surface area (Å²) in [6, 6.07) is 6.67. The molecular weight excluding hydrogens is 190 g/mol. The van der Waals surface area contributed by atoms with Crippen molar-refractivity contribution in [2.45, 2.75) is 6.54 Å². The lowest BCUT2D eigenvalue weighted by Crippen LogP contribution is -2.21. The minimum Gasteiger partial charge on any atom is -0.326 e. The van der Waals surface area contributed by atoms with E-state index in [-0.39, 0.29) is 0 Å². The summed E-state index contributed by atoms with van der Waals surface area (Å²) < 4.78 is 23.3. The van der Waals surface area contributed by atoms with E-state index < -0.39 is 10.2 Å². The van der Waals surface area contributed by atoms with Crippen LogP contribution in [-0.4, -0.2) is 8.42 Å². The molecule has 0 unspecified atom stereocenters. The molecule has 0 aromatic heterocycles. The van der Waals surface area contributed by atoms with E-state index in [1.165, 1.54) is 0 Å². The Morgan fingerprint density at radius 2 is 1.77 bits per heavy atom. The third-order valence-corrected chi connectivity index (χ3v) is 1.97. The zero-order valence-electron chi connectivity index (χ0n) is 6.90. The van der Waals surface area contributed by atoms with E-state index in [1.807, 2.05) is 0 Å². The highest BCUT2D eigenvalue weighted by Crippen LogP contribution is 2.09. The molecule has 5 nitrogen and oxygen atoms in total. The van der Waals surface area contributed by atoms with Crippen LogP contribution in [0, 0.1) is 0 Å². The fourth-order valence-electron chi connectivity index (χ4n) is 0.873. The van der Waals surface area contributed by atoms with Crippen LogP contribution in [0.1, 0.15) is 5.56 Å². The number of rotatable bonds is 3. The highest BCUT2D eigenvalue weighted by atomic mass is 32.2. The average Bonchev–Trinajstić information content (AvgIpc) is 2.03. The molecule has 5 N–H and O–H groups in total. The predicted molar refractivity (Wildman–Crippen MR) is 51.1 cm³/mol. The lowest BCUT2D eigenvalue weighted by Gasteiger charge is -2.03. The van der Waals surface area contributed by atoms with Gasteiger partial charge < -0.3 is 5.73 Å². The summed E-state index contributed by atoms with van der Waals surface area (Å²) in [6.45, 7) is 0.426. The maximum Gasteiger partial charge on any atom is 0.296 e. The molecule has 1 aromatic carbocycles. The van der Waals surface area contributed by atoms with Crippen LogP contribution in [0.2, 0.25) is 0 Å². The van der Waals surface area contributed by atoms with Gasteiger partial charge in [0.05, 0.1) is 0 Å². The first-order valence-corrected chi connectivity index (χ1v) is 5.15. The Balaban J connectivity index is 2.81. The molecule has 0 radical (unpaired) electrons. The third-order valence-electron chi connectivity index (χ3n) is 1.45. The van der Waals surface area contributed by atoms with Crippen molar-refractivity contribution in [3.63, 3.8) is 0 Å². The molecule has 13 heavy (non-hydrogen) atoms. The van der Waals surface area contributed by atoms with Gasteiger partial charge in [-0.05, 0) is 17.7 Å². The highest BCUT2D eigenvalue weighted by Gasteiger charge is 2.00. The number of hydrogen-bond donors (Lipinski definition) is 3. The van der Waals surface area contributed by atoms with Crippen LogP contribution in [0.25, 0.3) is 0 Å². The molecule has 0 saturated heterocycles. The summed E-state index contributed by atoms with van der Waals surface area (Å²) in [5, 5.41) is 4.77. The Morgan fingerprint density at radius 1 is 1.23 bits per heavy atom. The van der Waals surface area contributed by atoms with Crippen molar-refractivity contribution in [2.75, 3.05) is 4.72 Å². The predicted octanol–water partition coefficient (Wildman–Crippen LogP) is -0.239. The number of benzene rings is 1. The largest absolute Gasteiger partial charge is 0.326 e. The number of hydrogen-bond acceptors (Lipinski definition) is 3. The number of anilines is 1. The molecule has 0 aliphatic carbocycles. The van der Waals surface area contributed by atoms with E-state index in [9.17, 15) is 8.42 Å². The maximum atomic E-state index is 10.6. The van der Waals surface area contributed by atoms with Gasteiger partial charge in [0.25, 0.3) is 10.2 Å². The van der Waals surface area contributed by atoms with Gasteiger partial charge in [-0.2, -0.15) is 8.42 Å². The first-order chi connectivity index (χ1) is 6.01. The first kappa shape index (κ1) is 9.97. The van der Waals surface area contributed by atoms with Gasteiger partial charge >= 0.3 is 0 Å². The van der Waals surface area contributed by atoms with Crippen molar-refractivity contribution < 1.29 is 8.42 Å². The Bertz CT molecular complexity index is 371. The molecular formula is C7H11N3O2S. The third kappa shape index (κ3) is 3.41. The monoisotopic (exact) mass is 201 g/mol. The Kier molecular flexibility index (Phi) is 2.86. The second-order valence-corrected chi connectivity index (χ2v) is 3.84. The number of nitrogens with two attached hydrogens (primary N) is 2. The summed E-state index contributed by atoms with van der Waals surface area (Å²) in [7, 11) is -3.68. The van der Waals surface area contributed by atoms with Crippen molar-refractivity contribution >= 4 is 15.9 Å². The molecule has 0 spiro atoms. The Labute approximate surface area is 76.9 Å². The van der Waals surface area contributed by atoms with Crippen molar-refractivity contribution in [3.8, 4) is 0 Å². The van der Waals surface area contributed by atoms with E-state index >= 15 is 0 Å². The van der Waals surface area contributed by atoms with Crippen molar-refractivity contribution in [2.24, 2.45) is 10.9 Å². The van der Waals surface area contributed by atoms with Gasteiger partial charge in [0, 0.05) is 12.2 Å². The van der Waals surface area contributed by atoms with Crippen LogP contribution in [0.5, 0.6) is 0 Å². The van der Waals surface area contributed by atoms with Gasteiger partial charge in [-0.3, -0.25) is 4.72 Å². The fourth-order valence-corrected chi connectivity index (χ4v) is 1.34. The molecule has 0 atom stereocenters. The summed E-state index contributed by atoms with van der Waals surface area (Å²) in [4.78, 5) is 0. The van der Waals surface area contributed by atoms with E-state index in [4.69, 9.17) is 10.9 Å². The van der Waals surface area contributed by atoms with Gasteiger partial charge in [-0.1, -0.05) is 12.1 Å². The smallest absolute Gasteiger partial charge is 0.296 e. The maximum absolute atomic E-state index is 10.6. The lowest BCUT2D eigenvalue weighted by molar-refractivity contribution is 0.603. The molecule has 0 aliphatic heterocycles. The van der Waals surface area contributed by atoms with Crippen LogP contribution in [0.15, 0.2) is 24.3 Å². The van der Waals surface area contributed by atoms with Crippen LogP contribution >= 0.6 is 0 Å². The molecule has 0 saturated carbocycles. The molecule has 1 aromatic rings. The van der Waals surface area contributed by atoms with Crippen molar-refractivity contribution in [1.29, 1.82) is 0 Å². The molecule has 0 amide bonds. The van der Waals surface area contributed by atoms with Gasteiger partial charge in [0.2, 0.25) is 0 Å². The normalized spacial score (nSPS) is 11.2. The first-order valence-electron chi connectivity index (χ1n) is 3.61. The molecule has 0 heterocycles. The van der Waals surface area contributed by atoms with E-state index in [0.29, 0.717) is 12.2 Å². The fraction of sp³-hybridized carbons (Fsp3) is 0.143. The molecule has 6 heteroatoms. The van der Waals surface area contributed by atoms with Gasteiger partial charge in [-0.15, -0.1) is 0 Å². The van der Waals surface area contributed by atoms with Crippen LogP contribution in [-0.2, 0) is 16.8 Å². The second kappa shape index (κ2) is 3.73. The Morgan fingerprint density at radius 3 is 2.15 bits per heavy atom. The number of nitrogens with one attached hydrogen (secondary N) is 1.